The maximum Gasteiger partial charge on any atom is 0.314 e. The van der Waals surface area contributed by atoms with Gasteiger partial charge in [-0.2, -0.15) is 4.98 Å². The second-order valence-electron chi connectivity index (χ2n) is 3.92. The summed E-state index contributed by atoms with van der Waals surface area (Å²) in [5, 5.41) is 2.69. The number of nitrogens with one attached hydrogen (secondary N) is 1. The molecule has 2 rings (SSSR count). The Balaban J connectivity index is 2.07. The molecular weight excluding hydrogens is 214 g/mol. The van der Waals surface area contributed by atoms with Crippen LogP contribution in [0.4, 0.5) is 0 Å². The fraction of sp³-hybridized carbons (Fsp3) is 0.778. The van der Waals surface area contributed by atoms with Gasteiger partial charge in [-0.1, -0.05) is 0 Å². The molecule has 1 N–H and O–H groups in total. The van der Waals surface area contributed by atoms with Gasteiger partial charge < -0.3 is 9.26 Å². The van der Waals surface area contributed by atoms with E-state index in [2.05, 4.69) is 28.9 Å². The minimum absolute atomic E-state index is 0.0541. The Morgan fingerprint density at radius 3 is 3.00 bits per heavy atom. The van der Waals surface area contributed by atoms with Crippen molar-refractivity contribution in [2.75, 3.05) is 19.7 Å². The molecule has 1 atom stereocenters. The van der Waals surface area contributed by atoms with Crippen molar-refractivity contribution in [1.29, 1.82) is 0 Å². The third kappa shape index (κ3) is 2.45. The molecule has 0 aromatic carbocycles. The zero-order chi connectivity index (χ0) is 10.8. The van der Waals surface area contributed by atoms with Crippen molar-refractivity contribution in [2.45, 2.75) is 26.0 Å². The van der Waals surface area contributed by atoms with Gasteiger partial charge in [0.15, 0.2) is 5.82 Å². The molecule has 0 amide bonds. The van der Waals surface area contributed by atoms with E-state index in [0.29, 0.717) is 11.9 Å². The lowest BCUT2D eigenvalue weighted by Crippen LogP contribution is -2.42. The van der Waals surface area contributed by atoms with Crippen LogP contribution in [0.1, 0.15) is 25.8 Å². The third-order valence-electron chi connectivity index (χ3n) is 2.59. The molecule has 84 valence electrons. The molecule has 0 radical (unpaired) electrons. The Bertz CT molecular complexity index is 373. The van der Waals surface area contributed by atoms with E-state index in [1.165, 1.54) is 0 Å². The summed E-state index contributed by atoms with van der Waals surface area (Å²) in [7, 11) is 0. The lowest BCUT2D eigenvalue weighted by Gasteiger charge is -2.34. The predicted octanol–water partition coefficient (Wildman–Crippen LogP) is 1.51. The van der Waals surface area contributed by atoms with Crippen molar-refractivity contribution in [1.82, 2.24) is 15.0 Å². The van der Waals surface area contributed by atoms with E-state index in [1.54, 1.807) is 0 Å². The number of hydrogen-bond acceptors (Lipinski definition) is 5. The molecule has 0 spiro atoms. The third-order valence-corrected chi connectivity index (χ3v) is 2.76. The predicted molar refractivity (Wildman–Crippen MR) is 57.1 cm³/mol. The Hall–Kier alpha value is -0.720. The smallest absolute Gasteiger partial charge is 0.314 e. The maximum atomic E-state index is 5.62. The molecule has 1 fully saturated rings. The fourth-order valence-electron chi connectivity index (χ4n) is 1.68. The largest absolute Gasteiger partial charge is 0.367 e. The van der Waals surface area contributed by atoms with Gasteiger partial charge in [0, 0.05) is 19.1 Å². The van der Waals surface area contributed by atoms with Gasteiger partial charge in [-0.05, 0) is 26.1 Å². The molecule has 0 bridgehead atoms. The monoisotopic (exact) mass is 229 g/mol. The summed E-state index contributed by atoms with van der Waals surface area (Å²) >= 11 is 4.81. The fourth-order valence-corrected chi connectivity index (χ4v) is 1.82. The van der Waals surface area contributed by atoms with Gasteiger partial charge in [-0.3, -0.25) is 4.90 Å². The van der Waals surface area contributed by atoms with Crippen LogP contribution in [0.25, 0.3) is 0 Å². The molecule has 1 unspecified atom stereocenters. The van der Waals surface area contributed by atoms with Crippen LogP contribution < -0.4 is 0 Å². The molecule has 1 saturated heterocycles. The molecule has 1 aliphatic rings. The highest BCUT2D eigenvalue weighted by Gasteiger charge is 2.25. The van der Waals surface area contributed by atoms with Gasteiger partial charge in [0.05, 0.1) is 6.61 Å². The van der Waals surface area contributed by atoms with E-state index in [4.69, 9.17) is 21.5 Å². The Labute approximate surface area is 93.4 Å². The SMILES string of the molecule is CC(C)N1CCOC(c2nc(=S)o[nH]2)C1. The Morgan fingerprint density at radius 2 is 2.40 bits per heavy atom. The van der Waals surface area contributed by atoms with Gasteiger partial charge in [-0.15, -0.1) is 0 Å². The van der Waals surface area contributed by atoms with Crippen molar-refractivity contribution in [3.63, 3.8) is 0 Å². The number of hydrogen-bond donors (Lipinski definition) is 1. The van der Waals surface area contributed by atoms with Crippen molar-refractivity contribution in [3.8, 4) is 0 Å². The quantitative estimate of drug-likeness (QED) is 0.779. The number of morpholine rings is 1. The second-order valence-corrected chi connectivity index (χ2v) is 4.26. The van der Waals surface area contributed by atoms with Crippen LogP contribution in [0.5, 0.6) is 0 Å². The van der Waals surface area contributed by atoms with E-state index < -0.39 is 0 Å². The zero-order valence-electron chi connectivity index (χ0n) is 8.90. The highest BCUT2D eigenvalue weighted by molar-refractivity contribution is 7.71. The minimum atomic E-state index is -0.0541. The van der Waals surface area contributed by atoms with Gasteiger partial charge in [0.2, 0.25) is 0 Å². The lowest BCUT2D eigenvalue weighted by atomic mass is 10.2. The van der Waals surface area contributed by atoms with Gasteiger partial charge >= 0.3 is 4.84 Å². The van der Waals surface area contributed by atoms with Gasteiger partial charge in [0.1, 0.15) is 6.10 Å². The first kappa shape index (κ1) is 10.8. The highest BCUT2D eigenvalue weighted by atomic mass is 32.1. The summed E-state index contributed by atoms with van der Waals surface area (Å²) < 4.78 is 10.5. The summed E-state index contributed by atoms with van der Waals surface area (Å²) in [4.78, 5) is 6.65. The first-order chi connectivity index (χ1) is 7.16. The number of aromatic amines is 1. The van der Waals surface area contributed by atoms with Gasteiger partial charge in [0.25, 0.3) is 0 Å². The van der Waals surface area contributed by atoms with Crippen molar-refractivity contribution >= 4 is 12.2 Å². The van der Waals surface area contributed by atoms with E-state index in [-0.39, 0.29) is 10.9 Å². The molecule has 1 aromatic rings. The van der Waals surface area contributed by atoms with Crippen LogP contribution in [-0.2, 0) is 4.74 Å². The van der Waals surface area contributed by atoms with E-state index in [1.807, 2.05) is 0 Å². The first-order valence-electron chi connectivity index (χ1n) is 5.08. The molecule has 15 heavy (non-hydrogen) atoms. The summed E-state index contributed by atoms with van der Waals surface area (Å²) in [6, 6.07) is 0.520. The average molecular weight is 229 g/mol. The first-order valence-corrected chi connectivity index (χ1v) is 5.48. The van der Waals surface area contributed by atoms with Crippen LogP contribution in [-0.4, -0.2) is 40.8 Å². The summed E-state index contributed by atoms with van der Waals surface area (Å²) in [6.07, 6.45) is -0.0541. The number of nitrogens with zero attached hydrogens (tertiary/aromatic N) is 2. The van der Waals surface area contributed by atoms with Crippen LogP contribution in [0.15, 0.2) is 4.52 Å². The zero-order valence-corrected chi connectivity index (χ0v) is 9.71. The second kappa shape index (κ2) is 4.42. The number of rotatable bonds is 2. The van der Waals surface area contributed by atoms with Crippen LogP contribution in [0.3, 0.4) is 0 Å². The van der Waals surface area contributed by atoms with Crippen LogP contribution >= 0.6 is 12.2 Å². The van der Waals surface area contributed by atoms with Crippen LogP contribution in [0, 0.1) is 4.84 Å². The normalized spacial score (nSPS) is 23.5. The summed E-state index contributed by atoms with van der Waals surface area (Å²) in [5.74, 6) is 0.686. The van der Waals surface area contributed by atoms with E-state index in [9.17, 15) is 0 Å². The Morgan fingerprint density at radius 1 is 1.60 bits per heavy atom. The maximum absolute atomic E-state index is 5.62. The van der Waals surface area contributed by atoms with Crippen molar-refractivity contribution < 1.29 is 9.26 Å². The van der Waals surface area contributed by atoms with Crippen molar-refractivity contribution in [2.24, 2.45) is 0 Å². The standard InChI is InChI=1S/C9H15N3O2S/c1-6(2)12-3-4-13-7(5-12)8-10-9(15)14-11-8/h6-7H,3-5H2,1-2H3,(H,10,11,15). The molecule has 0 aliphatic carbocycles. The van der Waals surface area contributed by atoms with Crippen molar-refractivity contribution in [3.05, 3.63) is 10.7 Å². The van der Waals surface area contributed by atoms with E-state index >= 15 is 0 Å². The molecule has 5 nitrogen and oxygen atoms in total. The summed E-state index contributed by atoms with van der Waals surface area (Å²) in [6.45, 7) is 6.86. The Kier molecular flexibility index (Phi) is 3.18. The summed E-state index contributed by atoms with van der Waals surface area (Å²) in [5.41, 5.74) is 0. The molecule has 0 saturated carbocycles. The lowest BCUT2D eigenvalue weighted by molar-refractivity contribution is -0.0450. The number of H-pyrrole nitrogens is 1. The minimum Gasteiger partial charge on any atom is -0.367 e. The number of ether oxygens (including phenoxy) is 1. The molecule has 1 aromatic heterocycles. The highest BCUT2D eigenvalue weighted by Crippen LogP contribution is 2.20. The average Bonchev–Trinajstić information content (AvgIpc) is 2.65. The number of aromatic nitrogens is 2. The van der Waals surface area contributed by atoms with Crippen LogP contribution in [0.2, 0.25) is 0 Å². The van der Waals surface area contributed by atoms with E-state index in [0.717, 1.165) is 19.7 Å². The topological polar surface area (TPSA) is 54.3 Å². The molecule has 1 aliphatic heterocycles. The molecular formula is C9H15N3O2S. The molecule has 6 heteroatoms. The van der Waals surface area contributed by atoms with Gasteiger partial charge in [-0.25, -0.2) is 5.16 Å². The molecule has 2 heterocycles.